The van der Waals surface area contributed by atoms with Gasteiger partial charge in [0.2, 0.25) is 5.91 Å². The zero-order valence-corrected chi connectivity index (χ0v) is 16.3. The lowest BCUT2D eigenvalue weighted by Crippen LogP contribution is -2.40. The number of nitrogens with one attached hydrogen (secondary N) is 2. The van der Waals surface area contributed by atoms with E-state index < -0.39 is 24.1 Å². The van der Waals surface area contributed by atoms with Gasteiger partial charge < -0.3 is 30.8 Å². The number of carbonyl (C=O) groups is 3. The minimum Gasteiger partial charge on any atom is -0.479 e. The van der Waals surface area contributed by atoms with E-state index in [0.29, 0.717) is 12.1 Å². The third-order valence-electron chi connectivity index (χ3n) is 2.51. The van der Waals surface area contributed by atoms with Crippen LogP contribution in [0.15, 0.2) is 12.5 Å². The van der Waals surface area contributed by atoms with Gasteiger partial charge in [-0.3, -0.25) is 9.59 Å². The number of hydrogen-bond acceptors (Lipinski definition) is 7. The molecule has 0 spiro atoms. The second kappa shape index (κ2) is 14.8. The van der Waals surface area contributed by atoms with E-state index in [1.165, 1.54) is 13.3 Å². The molecule has 0 aliphatic carbocycles. The largest absolute Gasteiger partial charge is 0.479 e. The van der Waals surface area contributed by atoms with Gasteiger partial charge in [0.1, 0.15) is 6.04 Å². The molecule has 1 aromatic heterocycles. The van der Waals surface area contributed by atoms with Crippen LogP contribution in [0.3, 0.4) is 0 Å². The summed E-state index contributed by atoms with van der Waals surface area (Å²) in [6.07, 6.45) is 2.66. The second-order valence-electron chi connectivity index (χ2n) is 5.73. The van der Waals surface area contributed by atoms with Gasteiger partial charge in [0, 0.05) is 19.5 Å². The van der Waals surface area contributed by atoms with Crippen LogP contribution in [0.4, 0.5) is 0 Å². The molecule has 26 heavy (non-hydrogen) atoms. The van der Waals surface area contributed by atoms with Crippen molar-refractivity contribution in [2.24, 2.45) is 5.73 Å². The Hall–Kier alpha value is -2.46. The molecule has 1 rings (SSSR count). The molecule has 0 radical (unpaired) electrons. The molecule has 1 amide bonds. The first-order chi connectivity index (χ1) is 12.0. The summed E-state index contributed by atoms with van der Waals surface area (Å²) < 4.78 is 4.92. The molecular weight excluding hydrogens is 342 g/mol. The average Bonchev–Trinajstić information content (AvgIpc) is 3.01. The molecule has 0 saturated carbocycles. The molecule has 0 saturated heterocycles. The third-order valence-corrected chi connectivity index (χ3v) is 2.51. The zero-order valence-electron chi connectivity index (χ0n) is 16.3. The van der Waals surface area contributed by atoms with Crippen LogP contribution < -0.4 is 11.1 Å². The van der Waals surface area contributed by atoms with Crippen molar-refractivity contribution in [3.05, 3.63) is 18.2 Å². The van der Waals surface area contributed by atoms with Gasteiger partial charge in [-0.25, -0.2) is 9.78 Å². The standard InChI is InChI=1S/C11H17N3O4.C3H9N.C2H5NO/c1-3-9(10(15)16)18-11(17)8(12-2)4-7-5-13-6-14-7;1-4(2)3;1-2(3)4/h5-6,8-9,12H,3-4H2,1-2H3,(H,13,14)(H,15,16);1-3H3;1H3,(H2,3,4)/t8-,9?;;/m0../s1. The third kappa shape index (κ3) is 15.1. The number of hydrogen-bond donors (Lipinski definition) is 4. The predicted molar refractivity (Wildman–Crippen MR) is 97.4 cm³/mol. The highest BCUT2D eigenvalue weighted by molar-refractivity contribution is 5.81. The number of aromatic nitrogens is 2. The number of imidazole rings is 1. The van der Waals surface area contributed by atoms with Gasteiger partial charge in [0.05, 0.1) is 12.0 Å². The number of likely N-dealkylation sites (N-methyl/N-ethyl adjacent to an activating group) is 1. The maximum atomic E-state index is 11.8. The van der Waals surface area contributed by atoms with Crippen LogP contribution in [-0.4, -0.2) is 78.2 Å². The molecule has 2 atom stereocenters. The van der Waals surface area contributed by atoms with Crippen molar-refractivity contribution in [1.29, 1.82) is 0 Å². The molecule has 150 valence electrons. The summed E-state index contributed by atoms with van der Waals surface area (Å²) in [7, 11) is 7.61. The number of primary amides is 1. The van der Waals surface area contributed by atoms with Gasteiger partial charge in [0.15, 0.2) is 6.10 Å². The first-order valence-corrected chi connectivity index (χ1v) is 8.00. The smallest absolute Gasteiger partial charge is 0.345 e. The molecular formula is C16H31N5O5. The summed E-state index contributed by atoms with van der Waals surface area (Å²) in [5, 5.41) is 11.6. The van der Waals surface area contributed by atoms with Gasteiger partial charge in [-0.05, 0) is 34.6 Å². The summed E-state index contributed by atoms with van der Waals surface area (Å²) in [6.45, 7) is 2.95. The SMILES string of the molecule is CC(N)=O.CCC(OC(=O)[C@H](Cc1c[nH]cn1)NC)C(=O)O.CN(C)C. The number of carboxylic acid groups (broad SMARTS) is 1. The van der Waals surface area contributed by atoms with Gasteiger partial charge in [0.25, 0.3) is 0 Å². The summed E-state index contributed by atoms with van der Waals surface area (Å²) in [5.74, 6) is -2.06. The number of aromatic amines is 1. The number of nitrogens with two attached hydrogens (primary N) is 1. The van der Waals surface area contributed by atoms with Crippen molar-refractivity contribution in [3.63, 3.8) is 0 Å². The quantitative estimate of drug-likeness (QED) is 0.472. The number of H-pyrrole nitrogens is 1. The van der Waals surface area contributed by atoms with E-state index in [-0.39, 0.29) is 12.3 Å². The number of amides is 1. The fraction of sp³-hybridized carbons (Fsp3) is 0.625. The maximum Gasteiger partial charge on any atom is 0.345 e. The highest BCUT2D eigenvalue weighted by Crippen LogP contribution is 2.05. The minimum atomic E-state index is -1.14. The lowest BCUT2D eigenvalue weighted by Gasteiger charge is -2.17. The minimum absolute atomic E-state index is 0.236. The summed E-state index contributed by atoms with van der Waals surface area (Å²) in [6, 6.07) is -0.610. The highest BCUT2D eigenvalue weighted by atomic mass is 16.6. The molecule has 1 heterocycles. The Morgan fingerprint density at radius 3 is 2.19 bits per heavy atom. The van der Waals surface area contributed by atoms with Crippen LogP contribution >= 0.6 is 0 Å². The van der Waals surface area contributed by atoms with Crippen molar-refractivity contribution in [2.45, 2.75) is 38.8 Å². The number of aliphatic carboxylic acids is 1. The molecule has 0 aliphatic heterocycles. The number of nitrogens with zero attached hydrogens (tertiary/aromatic N) is 2. The van der Waals surface area contributed by atoms with E-state index in [1.54, 1.807) is 20.2 Å². The summed E-state index contributed by atoms with van der Waals surface area (Å²) in [5.41, 5.74) is 5.18. The molecule has 5 N–H and O–H groups in total. The fourth-order valence-electron chi connectivity index (χ4n) is 1.45. The molecule has 10 nitrogen and oxygen atoms in total. The van der Waals surface area contributed by atoms with E-state index in [1.807, 2.05) is 26.0 Å². The Kier molecular flexibility index (Phi) is 14.7. The number of carbonyl (C=O) groups excluding carboxylic acids is 2. The molecule has 10 heteroatoms. The number of rotatable bonds is 7. The zero-order chi connectivity index (χ0) is 20.7. The molecule has 0 bridgehead atoms. The molecule has 0 aromatic carbocycles. The van der Waals surface area contributed by atoms with Crippen molar-refractivity contribution in [2.75, 3.05) is 28.2 Å². The summed E-state index contributed by atoms with van der Waals surface area (Å²) >= 11 is 0. The lowest BCUT2D eigenvalue weighted by atomic mass is 10.1. The van der Waals surface area contributed by atoms with E-state index in [9.17, 15) is 14.4 Å². The Morgan fingerprint density at radius 1 is 1.38 bits per heavy atom. The van der Waals surface area contributed by atoms with Crippen molar-refractivity contribution in [1.82, 2.24) is 20.2 Å². The average molecular weight is 373 g/mol. The second-order valence-corrected chi connectivity index (χ2v) is 5.73. The molecule has 1 unspecified atom stereocenters. The van der Waals surface area contributed by atoms with E-state index >= 15 is 0 Å². The van der Waals surface area contributed by atoms with Crippen LogP contribution in [0.2, 0.25) is 0 Å². The van der Waals surface area contributed by atoms with Crippen molar-refractivity contribution < 1.29 is 24.2 Å². The Morgan fingerprint density at radius 2 is 1.88 bits per heavy atom. The Bertz CT molecular complexity index is 512. The van der Waals surface area contributed by atoms with E-state index in [0.717, 1.165) is 0 Å². The highest BCUT2D eigenvalue weighted by Gasteiger charge is 2.25. The van der Waals surface area contributed by atoms with Gasteiger partial charge in [-0.15, -0.1) is 0 Å². The van der Waals surface area contributed by atoms with E-state index in [4.69, 9.17) is 9.84 Å². The number of ether oxygens (including phenoxy) is 1. The van der Waals surface area contributed by atoms with Gasteiger partial charge in [-0.2, -0.15) is 0 Å². The van der Waals surface area contributed by atoms with E-state index in [2.05, 4.69) is 21.0 Å². The molecule has 0 fully saturated rings. The van der Waals surface area contributed by atoms with Gasteiger partial charge in [-0.1, -0.05) is 6.92 Å². The summed E-state index contributed by atoms with van der Waals surface area (Å²) in [4.78, 5) is 40.6. The Balaban J connectivity index is 0. The van der Waals surface area contributed by atoms with Gasteiger partial charge >= 0.3 is 11.9 Å². The van der Waals surface area contributed by atoms with Crippen molar-refractivity contribution in [3.8, 4) is 0 Å². The van der Waals surface area contributed by atoms with Crippen LogP contribution in [-0.2, 0) is 25.5 Å². The Labute approximate surface area is 154 Å². The molecule has 1 aromatic rings. The topological polar surface area (TPSA) is 151 Å². The number of esters is 1. The maximum absolute atomic E-state index is 11.8. The monoisotopic (exact) mass is 373 g/mol. The first kappa shape index (κ1) is 25.8. The fourth-order valence-corrected chi connectivity index (χ4v) is 1.45. The van der Waals surface area contributed by atoms with Crippen molar-refractivity contribution >= 4 is 17.8 Å². The van der Waals surface area contributed by atoms with Crippen LogP contribution in [0.5, 0.6) is 0 Å². The predicted octanol–water partition coefficient (Wildman–Crippen LogP) is -0.384. The normalized spacial score (nSPS) is 12.0. The van der Waals surface area contributed by atoms with Crippen LogP contribution in [0, 0.1) is 0 Å². The molecule has 0 aliphatic rings. The van der Waals surface area contributed by atoms with Crippen LogP contribution in [0.1, 0.15) is 26.0 Å². The first-order valence-electron chi connectivity index (χ1n) is 8.00. The lowest BCUT2D eigenvalue weighted by molar-refractivity contribution is -0.165. The number of carboxylic acids is 1. The van der Waals surface area contributed by atoms with Crippen LogP contribution in [0.25, 0.3) is 0 Å².